The van der Waals surface area contributed by atoms with Gasteiger partial charge in [0.25, 0.3) is 0 Å². The second-order valence-corrected chi connectivity index (χ2v) is 2.56. The first kappa shape index (κ1) is 4.32. The Morgan fingerprint density at radius 2 is 2.25 bits per heavy atom. The van der Waals surface area contributed by atoms with E-state index in [9.17, 15) is 0 Å². The summed E-state index contributed by atoms with van der Waals surface area (Å²) in [6.07, 6.45) is 2.02. The van der Waals surface area contributed by atoms with Crippen LogP contribution < -0.4 is 10.7 Å². The normalized spacial score (nSPS) is 30.0. The van der Waals surface area contributed by atoms with Gasteiger partial charge in [-0.3, -0.25) is 0 Å². The Kier molecular flexibility index (Phi) is 0.663. The fraction of sp³-hybridized carbons (Fsp3) is 0.800. The lowest BCUT2D eigenvalue weighted by Gasteiger charge is -2.35. The Bertz CT molecular complexity index is 126. The lowest BCUT2D eigenvalue weighted by atomic mass is 9.84. The predicted octanol–water partition coefficient (Wildman–Crippen LogP) is -0.835. The smallest absolute Gasteiger partial charge is 0.0512 e. The molecule has 0 radical (unpaired) electrons. The third-order valence-electron chi connectivity index (χ3n) is 1.81. The van der Waals surface area contributed by atoms with Crippen LogP contribution in [0.15, 0.2) is 5.10 Å². The van der Waals surface area contributed by atoms with Crippen molar-refractivity contribution < 1.29 is 0 Å². The van der Waals surface area contributed by atoms with E-state index in [1.807, 2.05) is 6.21 Å². The van der Waals surface area contributed by atoms with E-state index < -0.39 is 0 Å². The molecule has 1 fully saturated rings. The van der Waals surface area contributed by atoms with Crippen molar-refractivity contribution >= 4 is 6.21 Å². The molecule has 0 unspecified atom stereocenters. The lowest BCUT2D eigenvalue weighted by Crippen LogP contribution is -2.56. The van der Waals surface area contributed by atoms with E-state index in [0.29, 0.717) is 5.41 Å². The molecule has 1 saturated heterocycles. The zero-order valence-electron chi connectivity index (χ0n) is 4.65. The Hall–Kier alpha value is -0.570. The van der Waals surface area contributed by atoms with Crippen LogP contribution in [-0.4, -0.2) is 25.8 Å². The van der Waals surface area contributed by atoms with Gasteiger partial charge in [-0.1, -0.05) is 0 Å². The molecule has 0 aromatic rings. The molecular formula is C5H9N3. The molecule has 8 heavy (non-hydrogen) atoms. The van der Waals surface area contributed by atoms with Crippen LogP contribution in [0.3, 0.4) is 0 Å². The summed E-state index contributed by atoms with van der Waals surface area (Å²) < 4.78 is 0. The summed E-state index contributed by atoms with van der Waals surface area (Å²) in [7, 11) is 0. The van der Waals surface area contributed by atoms with Crippen LogP contribution in [0.1, 0.15) is 0 Å². The summed E-state index contributed by atoms with van der Waals surface area (Å²) in [5.41, 5.74) is 3.35. The average molecular weight is 111 g/mol. The first-order valence-electron chi connectivity index (χ1n) is 2.89. The highest BCUT2D eigenvalue weighted by atomic mass is 15.3. The SMILES string of the molecule is C1=NNCC12CNC2. The zero-order chi connectivity index (χ0) is 5.45. The van der Waals surface area contributed by atoms with E-state index in [-0.39, 0.29) is 0 Å². The molecule has 0 saturated carbocycles. The van der Waals surface area contributed by atoms with Gasteiger partial charge in [-0.15, -0.1) is 0 Å². The number of nitrogens with zero attached hydrogens (tertiary/aromatic N) is 1. The van der Waals surface area contributed by atoms with Crippen LogP contribution in [0.2, 0.25) is 0 Å². The Labute approximate surface area is 48.2 Å². The van der Waals surface area contributed by atoms with E-state index in [4.69, 9.17) is 0 Å². The van der Waals surface area contributed by atoms with Crippen LogP contribution in [-0.2, 0) is 0 Å². The summed E-state index contributed by atoms with van der Waals surface area (Å²) in [5.74, 6) is 0. The third kappa shape index (κ3) is 0.395. The first-order valence-corrected chi connectivity index (χ1v) is 2.89. The molecule has 0 bridgehead atoms. The van der Waals surface area contributed by atoms with E-state index >= 15 is 0 Å². The molecule has 1 spiro atoms. The molecule has 44 valence electrons. The van der Waals surface area contributed by atoms with Gasteiger partial charge in [0.1, 0.15) is 0 Å². The van der Waals surface area contributed by atoms with Crippen LogP contribution in [0.4, 0.5) is 0 Å². The lowest BCUT2D eigenvalue weighted by molar-refractivity contribution is 0.283. The molecule has 0 aromatic heterocycles. The minimum absolute atomic E-state index is 0.403. The topological polar surface area (TPSA) is 36.4 Å². The summed E-state index contributed by atoms with van der Waals surface area (Å²) in [6.45, 7) is 3.23. The van der Waals surface area contributed by atoms with Crippen molar-refractivity contribution in [2.45, 2.75) is 0 Å². The maximum atomic E-state index is 3.94. The van der Waals surface area contributed by atoms with Gasteiger partial charge in [0.15, 0.2) is 0 Å². The third-order valence-corrected chi connectivity index (χ3v) is 1.81. The summed E-state index contributed by atoms with van der Waals surface area (Å²) >= 11 is 0. The van der Waals surface area contributed by atoms with Crippen molar-refractivity contribution in [1.29, 1.82) is 0 Å². The standard InChI is InChI=1S/C5H9N3/c1-5(2-6-1)3-7-8-4-5/h3,6,8H,1-2,4H2. The van der Waals surface area contributed by atoms with Crippen molar-refractivity contribution in [1.82, 2.24) is 10.7 Å². The molecule has 0 atom stereocenters. The van der Waals surface area contributed by atoms with E-state index in [1.165, 1.54) is 0 Å². The minimum Gasteiger partial charge on any atom is -0.315 e. The highest BCUT2D eigenvalue weighted by Gasteiger charge is 2.37. The fourth-order valence-electron chi connectivity index (χ4n) is 1.09. The van der Waals surface area contributed by atoms with Crippen molar-refractivity contribution in [3.63, 3.8) is 0 Å². The minimum atomic E-state index is 0.403. The highest BCUT2D eigenvalue weighted by molar-refractivity contribution is 5.70. The van der Waals surface area contributed by atoms with Crippen molar-refractivity contribution in [3.8, 4) is 0 Å². The maximum Gasteiger partial charge on any atom is 0.0512 e. The van der Waals surface area contributed by atoms with E-state index in [1.54, 1.807) is 0 Å². The molecule has 2 aliphatic heterocycles. The Morgan fingerprint density at radius 1 is 1.38 bits per heavy atom. The van der Waals surface area contributed by atoms with Gasteiger partial charge in [0, 0.05) is 25.8 Å². The number of rotatable bonds is 0. The maximum absolute atomic E-state index is 3.94. The quantitative estimate of drug-likeness (QED) is 0.428. The summed E-state index contributed by atoms with van der Waals surface area (Å²) in [6, 6.07) is 0. The van der Waals surface area contributed by atoms with Gasteiger partial charge in [0.05, 0.1) is 5.41 Å². The first-order chi connectivity index (χ1) is 3.91. The van der Waals surface area contributed by atoms with Gasteiger partial charge in [-0.25, -0.2) is 0 Å². The van der Waals surface area contributed by atoms with Gasteiger partial charge in [-0.2, -0.15) is 5.10 Å². The summed E-state index contributed by atoms with van der Waals surface area (Å²) in [4.78, 5) is 0. The molecule has 2 N–H and O–H groups in total. The molecular weight excluding hydrogens is 102 g/mol. The van der Waals surface area contributed by atoms with Crippen molar-refractivity contribution in [3.05, 3.63) is 0 Å². The van der Waals surface area contributed by atoms with E-state index in [2.05, 4.69) is 15.8 Å². The molecule has 0 amide bonds. The van der Waals surface area contributed by atoms with Gasteiger partial charge >= 0.3 is 0 Å². The predicted molar refractivity (Wildman–Crippen MR) is 31.8 cm³/mol. The largest absolute Gasteiger partial charge is 0.315 e. The second kappa shape index (κ2) is 1.23. The number of hydrogen-bond acceptors (Lipinski definition) is 3. The molecule has 2 rings (SSSR count). The average Bonchev–Trinajstić information content (AvgIpc) is 2.07. The van der Waals surface area contributed by atoms with Crippen LogP contribution in [0.25, 0.3) is 0 Å². The Morgan fingerprint density at radius 3 is 2.50 bits per heavy atom. The monoisotopic (exact) mass is 111 g/mol. The Balaban J connectivity index is 2.13. The van der Waals surface area contributed by atoms with Crippen molar-refractivity contribution in [2.24, 2.45) is 10.5 Å². The van der Waals surface area contributed by atoms with Gasteiger partial charge in [-0.05, 0) is 0 Å². The van der Waals surface area contributed by atoms with Gasteiger partial charge in [0.2, 0.25) is 0 Å². The molecule has 0 aromatic carbocycles. The zero-order valence-corrected chi connectivity index (χ0v) is 4.65. The summed E-state index contributed by atoms with van der Waals surface area (Å²) in [5, 5.41) is 7.16. The fourth-order valence-corrected chi connectivity index (χ4v) is 1.09. The number of hydrogen-bond donors (Lipinski definition) is 2. The highest BCUT2D eigenvalue weighted by Crippen LogP contribution is 2.20. The van der Waals surface area contributed by atoms with Crippen LogP contribution >= 0.6 is 0 Å². The molecule has 2 heterocycles. The molecule has 2 aliphatic rings. The molecule has 3 nitrogen and oxygen atoms in total. The molecule has 0 aliphatic carbocycles. The van der Waals surface area contributed by atoms with Gasteiger partial charge < -0.3 is 10.7 Å². The number of hydrazone groups is 1. The number of nitrogens with one attached hydrogen (secondary N) is 2. The van der Waals surface area contributed by atoms with Crippen LogP contribution in [0.5, 0.6) is 0 Å². The van der Waals surface area contributed by atoms with Crippen LogP contribution in [0, 0.1) is 5.41 Å². The second-order valence-electron chi connectivity index (χ2n) is 2.56. The van der Waals surface area contributed by atoms with Crippen molar-refractivity contribution in [2.75, 3.05) is 19.6 Å². The van der Waals surface area contributed by atoms with E-state index in [0.717, 1.165) is 19.6 Å². The molecule has 3 heteroatoms.